The molecule has 2 aromatic rings. The van der Waals surface area contributed by atoms with Crippen LogP contribution < -0.4 is 4.74 Å². The minimum absolute atomic E-state index is 0.399. The first-order valence-electron chi connectivity index (χ1n) is 5.60. The Balaban J connectivity index is 2.24. The van der Waals surface area contributed by atoms with Gasteiger partial charge in [-0.25, -0.2) is 4.98 Å². The maximum absolute atomic E-state index is 5.84. The number of rotatable bonds is 4. The van der Waals surface area contributed by atoms with Crippen LogP contribution in [-0.2, 0) is 12.3 Å². The highest BCUT2D eigenvalue weighted by atomic mass is 35.5. The molecule has 0 saturated heterocycles. The first kappa shape index (κ1) is 11.9. The lowest BCUT2D eigenvalue weighted by Crippen LogP contribution is -1.93. The Kier molecular flexibility index (Phi) is 3.99. The van der Waals surface area contributed by atoms with E-state index in [0.29, 0.717) is 11.8 Å². The third-order valence-corrected chi connectivity index (χ3v) is 2.80. The fraction of sp³-hybridized carbons (Fsp3) is 0.214. The van der Waals surface area contributed by atoms with Crippen molar-refractivity contribution in [2.45, 2.75) is 19.2 Å². The molecule has 0 aliphatic heterocycles. The van der Waals surface area contributed by atoms with Gasteiger partial charge in [0.2, 0.25) is 5.88 Å². The average molecular weight is 248 g/mol. The number of nitrogens with zero attached hydrogens (tertiary/aromatic N) is 1. The summed E-state index contributed by atoms with van der Waals surface area (Å²) < 4.78 is 5.75. The predicted octanol–water partition coefficient (Wildman–Crippen LogP) is 4.18. The van der Waals surface area contributed by atoms with E-state index < -0.39 is 0 Å². The Bertz CT molecular complexity index is 499. The van der Waals surface area contributed by atoms with Gasteiger partial charge in [-0.2, -0.15) is 0 Å². The smallest absolute Gasteiger partial charge is 0.223 e. The Morgan fingerprint density at radius 3 is 2.88 bits per heavy atom. The van der Waals surface area contributed by atoms with Crippen LogP contribution in [0.4, 0.5) is 0 Å². The number of aryl methyl sites for hydroxylation is 1. The second-order valence-electron chi connectivity index (χ2n) is 3.70. The molecule has 0 fully saturated rings. The summed E-state index contributed by atoms with van der Waals surface area (Å²) in [4.78, 5) is 4.19. The Hall–Kier alpha value is -1.54. The first-order chi connectivity index (χ1) is 8.33. The Morgan fingerprint density at radius 2 is 2.12 bits per heavy atom. The highest BCUT2D eigenvalue weighted by Gasteiger charge is 2.05. The van der Waals surface area contributed by atoms with Gasteiger partial charge in [-0.05, 0) is 30.2 Å². The van der Waals surface area contributed by atoms with E-state index in [1.54, 1.807) is 6.20 Å². The van der Waals surface area contributed by atoms with E-state index in [1.165, 1.54) is 5.56 Å². The maximum Gasteiger partial charge on any atom is 0.223 e. The van der Waals surface area contributed by atoms with Crippen molar-refractivity contribution in [1.29, 1.82) is 0 Å². The van der Waals surface area contributed by atoms with Crippen molar-refractivity contribution in [3.05, 3.63) is 53.7 Å². The number of hydrogen-bond donors (Lipinski definition) is 0. The van der Waals surface area contributed by atoms with Crippen LogP contribution in [0, 0.1) is 0 Å². The molecule has 3 heteroatoms. The number of alkyl halides is 1. The topological polar surface area (TPSA) is 22.1 Å². The molecule has 17 heavy (non-hydrogen) atoms. The van der Waals surface area contributed by atoms with E-state index in [9.17, 15) is 0 Å². The SMILES string of the molecule is CCc1cccc(Oc2ncccc2CCl)c1. The van der Waals surface area contributed by atoms with E-state index in [-0.39, 0.29) is 0 Å². The van der Waals surface area contributed by atoms with Gasteiger partial charge in [0.25, 0.3) is 0 Å². The van der Waals surface area contributed by atoms with Crippen LogP contribution in [0.25, 0.3) is 0 Å². The van der Waals surface area contributed by atoms with Gasteiger partial charge in [0, 0.05) is 11.8 Å². The second-order valence-corrected chi connectivity index (χ2v) is 3.97. The monoisotopic (exact) mass is 247 g/mol. The molecule has 0 N–H and O–H groups in total. The van der Waals surface area contributed by atoms with Crippen LogP contribution in [0.5, 0.6) is 11.6 Å². The van der Waals surface area contributed by atoms with Crippen molar-refractivity contribution in [3.63, 3.8) is 0 Å². The highest BCUT2D eigenvalue weighted by Crippen LogP contribution is 2.24. The lowest BCUT2D eigenvalue weighted by Gasteiger charge is -2.08. The fourth-order valence-electron chi connectivity index (χ4n) is 1.56. The molecule has 1 aromatic carbocycles. The summed E-state index contributed by atoms with van der Waals surface area (Å²) in [5, 5.41) is 0. The largest absolute Gasteiger partial charge is 0.439 e. The van der Waals surface area contributed by atoms with Crippen molar-refractivity contribution >= 4 is 11.6 Å². The number of halogens is 1. The van der Waals surface area contributed by atoms with Crippen molar-refractivity contribution in [1.82, 2.24) is 4.98 Å². The molecule has 0 radical (unpaired) electrons. The molecule has 2 nitrogen and oxygen atoms in total. The molecular formula is C14H14ClNO. The molecule has 0 spiro atoms. The van der Waals surface area contributed by atoms with E-state index >= 15 is 0 Å². The Labute approximate surface area is 106 Å². The van der Waals surface area contributed by atoms with Gasteiger partial charge in [-0.1, -0.05) is 25.1 Å². The van der Waals surface area contributed by atoms with Crippen LogP contribution in [-0.4, -0.2) is 4.98 Å². The number of ether oxygens (including phenoxy) is 1. The summed E-state index contributed by atoms with van der Waals surface area (Å²) in [6.45, 7) is 2.12. The molecular weight excluding hydrogens is 234 g/mol. The van der Waals surface area contributed by atoms with Crippen molar-refractivity contribution in [2.75, 3.05) is 0 Å². The van der Waals surface area contributed by atoms with Crippen LogP contribution >= 0.6 is 11.6 Å². The summed E-state index contributed by atoms with van der Waals surface area (Å²) >= 11 is 5.84. The molecule has 0 aliphatic carbocycles. The van der Waals surface area contributed by atoms with Crippen molar-refractivity contribution in [2.24, 2.45) is 0 Å². The van der Waals surface area contributed by atoms with E-state index in [4.69, 9.17) is 16.3 Å². The van der Waals surface area contributed by atoms with E-state index in [0.717, 1.165) is 17.7 Å². The van der Waals surface area contributed by atoms with Gasteiger partial charge >= 0.3 is 0 Å². The number of benzene rings is 1. The molecule has 2 rings (SSSR count). The van der Waals surface area contributed by atoms with Crippen molar-refractivity contribution in [3.8, 4) is 11.6 Å². The summed E-state index contributed by atoms with van der Waals surface area (Å²) in [5.41, 5.74) is 2.14. The van der Waals surface area contributed by atoms with Gasteiger partial charge in [0.05, 0.1) is 5.88 Å². The Morgan fingerprint density at radius 1 is 1.24 bits per heavy atom. The van der Waals surface area contributed by atoms with Gasteiger partial charge in [0.15, 0.2) is 0 Å². The number of aromatic nitrogens is 1. The minimum atomic E-state index is 0.399. The zero-order chi connectivity index (χ0) is 12.1. The lowest BCUT2D eigenvalue weighted by molar-refractivity contribution is 0.458. The van der Waals surface area contributed by atoms with Gasteiger partial charge in [0.1, 0.15) is 5.75 Å². The highest BCUT2D eigenvalue weighted by molar-refractivity contribution is 6.17. The van der Waals surface area contributed by atoms with Gasteiger partial charge in [-0.15, -0.1) is 11.6 Å². The molecule has 0 aliphatic rings. The predicted molar refractivity (Wildman–Crippen MR) is 69.7 cm³/mol. The number of pyridine rings is 1. The molecule has 1 heterocycles. The quantitative estimate of drug-likeness (QED) is 0.757. The zero-order valence-electron chi connectivity index (χ0n) is 9.69. The average Bonchev–Trinajstić information content (AvgIpc) is 2.39. The first-order valence-corrected chi connectivity index (χ1v) is 6.13. The molecule has 1 aromatic heterocycles. The number of hydrogen-bond acceptors (Lipinski definition) is 2. The van der Waals surface area contributed by atoms with E-state index in [2.05, 4.69) is 18.0 Å². The van der Waals surface area contributed by atoms with Crippen LogP contribution in [0.3, 0.4) is 0 Å². The second kappa shape index (κ2) is 5.69. The van der Waals surface area contributed by atoms with Crippen LogP contribution in [0.2, 0.25) is 0 Å². The summed E-state index contributed by atoms with van der Waals surface area (Å²) in [6, 6.07) is 11.8. The fourth-order valence-corrected chi connectivity index (χ4v) is 1.76. The van der Waals surface area contributed by atoms with Crippen LogP contribution in [0.1, 0.15) is 18.1 Å². The zero-order valence-corrected chi connectivity index (χ0v) is 10.4. The third-order valence-electron chi connectivity index (χ3n) is 2.52. The molecule has 0 amide bonds. The molecule has 0 atom stereocenters. The minimum Gasteiger partial charge on any atom is -0.439 e. The molecule has 0 bridgehead atoms. The molecule has 0 saturated carbocycles. The normalized spacial score (nSPS) is 10.2. The molecule has 88 valence electrons. The van der Waals surface area contributed by atoms with Gasteiger partial charge in [-0.3, -0.25) is 0 Å². The molecule has 0 unspecified atom stereocenters. The summed E-state index contributed by atoms with van der Waals surface area (Å²) in [7, 11) is 0. The maximum atomic E-state index is 5.84. The van der Waals surface area contributed by atoms with Gasteiger partial charge < -0.3 is 4.74 Å². The van der Waals surface area contributed by atoms with Crippen LogP contribution in [0.15, 0.2) is 42.6 Å². The lowest BCUT2D eigenvalue weighted by atomic mass is 10.2. The third kappa shape index (κ3) is 2.98. The summed E-state index contributed by atoms with van der Waals surface area (Å²) in [5.74, 6) is 1.78. The standard InChI is InChI=1S/C14H14ClNO/c1-2-11-5-3-7-13(9-11)17-14-12(10-15)6-4-8-16-14/h3-9H,2,10H2,1H3. The summed E-state index contributed by atoms with van der Waals surface area (Å²) in [6.07, 6.45) is 2.69. The van der Waals surface area contributed by atoms with Crippen molar-refractivity contribution < 1.29 is 4.74 Å². The van der Waals surface area contributed by atoms with E-state index in [1.807, 2.05) is 30.3 Å².